The highest BCUT2D eigenvalue weighted by Crippen LogP contribution is 2.09. The van der Waals surface area contributed by atoms with E-state index in [0.717, 1.165) is 4.90 Å². The van der Waals surface area contributed by atoms with Crippen molar-refractivity contribution in [3.05, 3.63) is 30.3 Å². The van der Waals surface area contributed by atoms with Crippen LogP contribution in [0.25, 0.3) is 0 Å². The molecule has 0 aromatic heterocycles. The summed E-state index contributed by atoms with van der Waals surface area (Å²) in [4.78, 5) is 0.857. The van der Waals surface area contributed by atoms with Crippen LogP contribution < -0.4 is 5.73 Å². The second-order valence-corrected chi connectivity index (χ2v) is 4.53. The summed E-state index contributed by atoms with van der Waals surface area (Å²) in [6, 6.07) is 9.41. The van der Waals surface area contributed by atoms with Crippen LogP contribution in [0.4, 0.5) is 0 Å². The second kappa shape index (κ2) is 4.38. The van der Waals surface area contributed by atoms with Crippen LogP contribution in [0.15, 0.2) is 35.2 Å². The topological polar surface area (TPSA) is 43.1 Å². The zero-order chi connectivity index (χ0) is 8.97. The Hall–Kier alpha value is -0.670. The molecule has 0 saturated heterocycles. The molecule has 2 unspecified atom stereocenters. The molecule has 1 aromatic rings. The maximum absolute atomic E-state index is 11.6. The van der Waals surface area contributed by atoms with Gasteiger partial charge in [0, 0.05) is 16.7 Å². The number of benzene rings is 1. The molecule has 0 bridgehead atoms. The fraction of sp³-hybridized carbons (Fsp3) is 0.333. The van der Waals surface area contributed by atoms with Crippen molar-refractivity contribution >= 4 is 10.8 Å². The third-order valence-corrected chi connectivity index (χ3v) is 3.33. The first-order valence-corrected chi connectivity index (χ1v) is 5.12. The van der Waals surface area contributed by atoms with Gasteiger partial charge in [0.25, 0.3) is 0 Å². The van der Waals surface area contributed by atoms with E-state index in [1.54, 1.807) is 0 Å². The molecule has 0 aliphatic carbocycles. The first-order chi connectivity index (χ1) is 5.75. The van der Waals surface area contributed by atoms with Crippen LogP contribution in [0.2, 0.25) is 0 Å². The molecule has 0 amide bonds. The summed E-state index contributed by atoms with van der Waals surface area (Å²) in [5.74, 6) is 0. The van der Waals surface area contributed by atoms with Gasteiger partial charge in [0.15, 0.2) is 0 Å². The van der Waals surface area contributed by atoms with Gasteiger partial charge in [-0.2, -0.15) is 0 Å². The predicted octanol–water partition coefficient (Wildman–Crippen LogP) is 1.14. The highest BCUT2D eigenvalue weighted by molar-refractivity contribution is 7.85. The number of hydrogen-bond donors (Lipinski definition) is 1. The van der Waals surface area contributed by atoms with Gasteiger partial charge >= 0.3 is 0 Å². The van der Waals surface area contributed by atoms with Crippen molar-refractivity contribution < 1.29 is 4.21 Å². The molecule has 66 valence electrons. The molecule has 12 heavy (non-hydrogen) atoms. The summed E-state index contributed by atoms with van der Waals surface area (Å²) < 4.78 is 11.6. The molecule has 0 aliphatic heterocycles. The van der Waals surface area contributed by atoms with Crippen molar-refractivity contribution in [1.82, 2.24) is 0 Å². The van der Waals surface area contributed by atoms with Gasteiger partial charge in [0.2, 0.25) is 0 Å². The monoisotopic (exact) mass is 183 g/mol. The van der Waals surface area contributed by atoms with Crippen molar-refractivity contribution in [2.75, 3.05) is 6.54 Å². The van der Waals surface area contributed by atoms with E-state index >= 15 is 0 Å². The van der Waals surface area contributed by atoms with Gasteiger partial charge in [-0.15, -0.1) is 0 Å². The van der Waals surface area contributed by atoms with Crippen LogP contribution in [-0.2, 0) is 10.8 Å². The molecule has 2 atom stereocenters. The maximum Gasteiger partial charge on any atom is 0.0570 e. The van der Waals surface area contributed by atoms with Crippen molar-refractivity contribution in [2.45, 2.75) is 17.1 Å². The molecule has 0 saturated carbocycles. The molecule has 2 N–H and O–H groups in total. The summed E-state index contributed by atoms with van der Waals surface area (Å²) in [5.41, 5.74) is 5.42. The van der Waals surface area contributed by atoms with Gasteiger partial charge in [0.05, 0.1) is 10.8 Å². The zero-order valence-electron chi connectivity index (χ0n) is 7.07. The molecule has 0 heterocycles. The van der Waals surface area contributed by atoms with Crippen LogP contribution in [-0.4, -0.2) is 16.0 Å². The molecule has 3 heteroatoms. The van der Waals surface area contributed by atoms with Crippen LogP contribution in [0.1, 0.15) is 6.92 Å². The lowest BCUT2D eigenvalue weighted by molar-refractivity contribution is 0.673. The SMILES string of the molecule is CC(CN)S(=O)c1ccccc1. The Labute approximate surface area is 75.2 Å². The Morgan fingerprint density at radius 3 is 2.50 bits per heavy atom. The molecular weight excluding hydrogens is 170 g/mol. The minimum atomic E-state index is -0.953. The molecule has 0 spiro atoms. The Kier molecular flexibility index (Phi) is 3.44. The van der Waals surface area contributed by atoms with Crippen molar-refractivity contribution in [3.8, 4) is 0 Å². The summed E-state index contributed by atoms with van der Waals surface area (Å²) in [6.07, 6.45) is 0. The van der Waals surface area contributed by atoms with Crippen LogP contribution in [0, 0.1) is 0 Å². The molecule has 0 radical (unpaired) electrons. The largest absolute Gasteiger partial charge is 0.329 e. The predicted molar refractivity (Wildman–Crippen MR) is 51.4 cm³/mol. The summed E-state index contributed by atoms with van der Waals surface area (Å²) in [7, 11) is -0.953. The molecule has 0 aliphatic rings. The molecule has 1 rings (SSSR count). The normalized spacial score (nSPS) is 15.5. The highest BCUT2D eigenvalue weighted by Gasteiger charge is 2.09. The molecule has 2 nitrogen and oxygen atoms in total. The zero-order valence-corrected chi connectivity index (χ0v) is 7.88. The minimum absolute atomic E-state index is 0.0346. The Morgan fingerprint density at radius 2 is 2.00 bits per heavy atom. The van der Waals surface area contributed by atoms with Crippen molar-refractivity contribution in [1.29, 1.82) is 0 Å². The van der Waals surface area contributed by atoms with Gasteiger partial charge in [-0.3, -0.25) is 4.21 Å². The van der Waals surface area contributed by atoms with Gasteiger partial charge in [-0.05, 0) is 19.1 Å². The molecular formula is C9H13NOS. The third-order valence-electron chi connectivity index (χ3n) is 1.67. The first-order valence-electron chi connectivity index (χ1n) is 3.91. The van der Waals surface area contributed by atoms with Crippen molar-refractivity contribution in [3.63, 3.8) is 0 Å². The van der Waals surface area contributed by atoms with Crippen molar-refractivity contribution in [2.24, 2.45) is 5.73 Å². The fourth-order valence-corrected chi connectivity index (χ4v) is 1.94. The highest BCUT2D eigenvalue weighted by atomic mass is 32.2. The van der Waals surface area contributed by atoms with E-state index in [-0.39, 0.29) is 5.25 Å². The standard InChI is InChI=1S/C9H13NOS/c1-8(7-10)12(11)9-5-3-2-4-6-9/h2-6,8H,7,10H2,1H3. The van der Waals surface area contributed by atoms with Gasteiger partial charge in [0.1, 0.15) is 0 Å². The number of rotatable bonds is 3. The van der Waals surface area contributed by atoms with E-state index in [0.29, 0.717) is 6.54 Å². The molecule has 0 fully saturated rings. The lowest BCUT2D eigenvalue weighted by atomic mass is 10.4. The average molecular weight is 183 g/mol. The number of hydrogen-bond acceptors (Lipinski definition) is 2. The summed E-state index contributed by atoms with van der Waals surface area (Å²) in [5, 5.41) is 0.0346. The fourth-order valence-electron chi connectivity index (χ4n) is 0.874. The van der Waals surface area contributed by atoms with Crippen LogP contribution >= 0.6 is 0 Å². The Bertz CT molecular complexity index is 260. The minimum Gasteiger partial charge on any atom is -0.329 e. The summed E-state index contributed by atoms with van der Waals surface area (Å²) in [6.45, 7) is 2.35. The average Bonchev–Trinajstić information content (AvgIpc) is 2.17. The lowest BCUT2D eigenvalue weighted by Crippen LogP contribution is -2.21. The number of nitrogens with two attached hydrogens (primary N) is 1. The lowest BCUT2D eigenvalue weighted by Gasteiger charge is -2.07. The quantitative estimate of drug-likeness (QED) is 0.763. The van der Waals surface area contributed by atoms with Crippen LogP contribution in [0.5, 0.6) is 0 Å². The van der Waals surface area contributed by atoms with E-state index in [1.807, 2.05) is 37.3 Å². The van der Waals surface area contributed by atoms with E-state index in [2.05, 4.69) is 0 Å². The van der Waals surface area contributed by atoms with E-state index in [9.17, 15) is 4.21 Å². The third kappa shape index (κ3) is 2.16. The smallest absolute Gasteiger partial charge is 0.0570 e. The summed E-state index contributed by atoms with van der Waals surface area (Å²) >= 11 is 0. The van der Waals surface area contributed by atoms with E-state index in [1.165, 1.54) is 0 Å². The first kappa shape index (κ1) is 9.42. The van der Waals surface area contributed by atoms with E-state index in [4.69, 9.17) is 5.73 Å². The maximum atomic E-state index is 11.6. The van der Waals surface area contributed by atoms with Gasteiger partial charge in [-0.1, -0.05) is 18.2 Å². The van der Waals surface area contributed by atoms with E-state index < -0.39 is 10.8 Å². The van der Waals surface area contributed by atoms with Gasteiger partial charge < -0.3 is 5.73 Å². The Balaban J connectivity index is 2.79. The molecule has 1 aromatic carbocycles. The van der Waals surface area contributed by atoms with Gasteiger partial charge in [-0.25, -0.2) is 0 Å². The van der Waals surface area contributed by atoms with Crippen LogP contribution in [0.3, 0.4) is 0 Å². The second-order valence-electron chi connectivity index (χ2n) is 2.66. The Morgan fingerprint density at radius 1 is 1.42 bits per heavy atom.